The third-order valence-corrected chi connectivity index (χ3v) is 2.05. The van der Waals surface area contributed by atoms with E-state index in [9.17, 15) is 0 Å². The van der Waals surface area contributed by atoms with Gasteiger partial charge in [-0.25, -0.2) is 4.98 Å². The van der Waals surface area contributed by atoms with Gasteiger partial charge in [-0.2, -0.15) is 0 Å². The van der Waals surface area contributed by atoms with Crippen LogP contribution in [-0.2, 0) is 0 Å². The van der Waals surface area contributed by atoms with Gasteiger partial charge in [-0.05, 0) is 12.2 Å². The zero-order valence-corrected chi connectivity index (χ0v) is 7.16. The van der Waals surface area contributed by atoms with Crippen molar-refractivity contribution in [3.8, 4) is 0 Å². The van der Waals surface area contributed by atoms with Crippen molar-refractivity contribution in [3.05, 3.63) is 31.1 Å². The molecule has 0 saturated heterocycles. The van der Waals surface area contributed by atoms with Crippen molar-refractivity contribution in [1.82, 2.24) is 19.8 Å². The van der Waals surface area contributed by atoms with Gasteiger partial charge in [-0.1, -0.05) is 0 Å². The lowest BCUT2D eigenvalue weighted by Gasteiger charge is -2.15. The van der Waals surface area contributed by atoms with Crippen LogP contribution in [0.5, 0.6) is 0 Å². The fourth-order valence-electron chi connectivity index (χ4n) is 0.998. The van der Waals surface area contributed by atoms with Crippen molar-refractivity contribution in [1.29, 1.82) is 0 Å². The lowest BCUT2D eigenvalue weighted by Crippen LogP contribution is -2.30. The molecule has 0 bridgehead atoms. The Balaban J connectivity index is 2.15. The summed E-state index contributed by atoms with van der Waals surface area (Å²) in [6.45, 7) is 0.733. The summed E-state index contributed by atoms with van der Waals surface area (Å²) in [6, 6.07) is 0. The maximum absolute atomic E-state index is 5.19. The van der Waals surface area contributed by atoms with Gasteiger partial charge in [0, 0.05) is 24.8 Å². The monoisotopic (exact) mass is 180 g/mol. The smallest absolute Gasteiger partial charge is 0.186 e. The quantitative estimate of drug-likeness (QED) is 0.584. The number of hydrogen-bond acceptors (Lipinski definition) is 3. The summed E-state index contributed by atoms with van der Waals surface area (Å²) in [5.74, 6) is 0. The Morgan fingerprint density at radius 2 is 2.50 bits per heavy atom. The highest BCUT2D eigenvalue weighted by Crippen LogP contribution is 2.00. The van der Waals surface area contributed by atoms with Crippen molar-refractivity contribution in [2.45, 2.75) is 0 Å². The minimum atomic E-state index is 0.730. The second-order valence-corrected chi connectivity index (χ2v) is 2.77. The molecule has 1 aromatic heterocycles. The fourth-order valence-corrected chi connectivity index (χ4v) is 1.23. The summed E-state index contributed by atoms with van der Waals surface area (Å²) in [5, 5.41) is 3.77. The molecule has 1 aliphatic rings. The molecule has 62 valence electrons. The second kappa shape index (κ2) is 2.94. The van der Waals surface area contributed by atoms with E-state index in [1.165, 1.54) is 0 Å². The first-order valence-corrected chi connectivity index (χ1v) is 3.98. The molecule has 5 heteroatoms. The highest BCUT2D eigenvalue weighted by atomic mass is 32.1. The Bertz CT molecular complexity index is 303. The topological polar surface area (TPSA) is 33.1 Å². The molecule has 0 radical (unpaired) electrons. The molecule has 0 aliphatic carbocycles. The van der Waals surface area contributed by atoms with Gasteiger partial charge >= 0.3 is 0 Å². The summed E-state index contributed by atoms with van der Waals surface area (Å²) in [5.41, 5.74) is 0. The van der Waals surface area contributed by atoms with E-state index >= 15 is 0 Å². The van der Waals surface area contributed by atoms with E-state index in [1.54, 1.807) is 17.1 Å². The number of imidazole rings is 1. The largest absolute Gasteiger partial charge is 0.372 e. The zero-order chi connectivity index (χ0) is 8.39. The SMILES string of the molecule is S=C(N1C=CNC1)n1ccnc1. The molecule has 0 saturated carbocycles. The van der Waals surface area contributed by atoms with Crippen LogP contribution in [0.4, 0.5) is 0 Å². The van der Waals surface area contributed by atoms with Crippen molar-refractivity contribution in [2.24, 2.45) is 0 Å². The van der Waals surface area contributed by atoms with E-state index in [4.69, 9.17) is 12.2 Å². The van der Waals surface area contributed by atoms with E-state index < -0.39 is 0 Å². The van der Waals surface area contributed by atoms with Gasteiger partial charge in [0.15, 0.2) is 5.11 Å². The van der Waals surface area contributed by atoms with E-state index in [0.717, 1.165) is 11.8 Å². The minimum Gasteiger partial charge on any atom is -0.372 e. The normalized spacial score (nSPS) is 14.8. The molecule has 0 unspecified atom stereocenters. The van der Waals surface area contributed by atoms with Crippen LogP contribution in [0.1, 0.15) is 0 Å². The lowest BCUT2D eigenvalue weighted by molar-refractivity contribution is 0.563. The summed E-state index contributed by atoms with van der Waals surface area (Å²) < 4.78 is 1.80. The molecule has 2 rings (SSSR count). The predicted molar refractivity (Wildman–Crippen MR) is 49.2 cm³/mol. The predicted octanol–water partition coefficient (Wildman–Crippen LogP) is 0.350. The molecule has 4 nitrogen and oxygen atoms in total. The third kappa shape index (κ3) is 1.18. The van der Waals surface area contributed by atoms with Crippen LogP contribution >= 0.6 is 12.2 Å². The standard InChI is InChI=1S/C7H8N4S/c12-7(10-3-1-8-5-10)11-4-2-9-6-11/h1-5,9H,6H2. The first-order valence-electron chi connectivity index (χ1n) is 3.57. The molecule has 0 aromatic carbocycles. The molecule has 0 fully saturated rings. The van der Waals surface area contributed by atoms with Crippen LogP contribution < -0.4 is 5.32 Å². The number of aromatic nitrogens is 2. The first-order chi connectivity index (χ1) is 5.88. The van der Waals surface area contributed by atoms with Gasteiger partial charge < -0.3 is 10.2 Å². The van der Waals surface area contributed by atoms with Gasteiger partial charge in [0.05, 0.1) is 6.67 Å². The number of rotatable bonds is 0. The van der Waals surface area contributed by atoms with Crippen LogP contribution in [0.15, 0.2) is 31.1 Å². The van der Waals surface area contributed by atoms with Crippen molar-refractivity contribution < 1.29 is 0 Å². The van der Waals surface area contributed by atoms with E-state index in [0.29, 0.717) is 0 Å². The molecule has 0 atom stereocenters. The minimum absolute atomic E-state index is 0.730. The maximum Gasteiger partial charge on any atom is 0.186 e. The summed E-state index contributed by atoms with van der Waals surface area (Å²) >= 11 is 5.19. The summed E-state index contributed by atoms with van der Waals surface area (Å²) in [4.78, 5) is 5.85. The Hall–Kier alpha value is -1.36. The first kappa shape index (κ1) is 7.30. The molecule has 0 amide bonds. The Labute approximate surface area is 75.5 Å². The van der Waals surface area contributed by atoms with Gasteiger partial charge in [0.2, 0.25) is 0 Å². The average molecular weight is 180 g/mol. The van der Waals surface area contributed by atoms with Crippen molar-refractivity contribution in [3.63, 3.8) is 0 Å². The molecule has 12 heavy (non-hydrogen) atoms. The number of nitrogens with one attached hydrogen (secondary N) is 1. The summed E-state index contributed by atoms with van der Waals surface area (Å²) in [6.07, 6.45) is 8.99. The van der Waals surface area contributed by atoms with E-state index in [1.807, 2.05) is 23.5 Å². The Morgan fingerprint density at radius 3 is 3.08 bits per heavy atom. The number of nitrogens with zero attached hydrogens (tertiary/aromatic N) is 3. The molecule has 1 aliphatic heterocycles. The lowest BCUT2D eigenvalue weighted by atomic mass is 10.7. The molecular formula is C7H8N4S. The van der Waals surface area contributed by atoms with Gasteiger partial charge in [0.1, 0.15) is 6.33 Å². The van der Waals surface area contributed by atoms with Crippen LogP contribution in [0.3, 0.4) is 0 Å². The number of thiocarbonyl (C=S) groups is 1. The average Bonchev–Trinajstić information content (AvgIpc) is 2.77. The molecule has 0 spiro atoms. The van der Waals surface area contributed by atoms with Crippen LogP contribution in [0.2, 0.25) is 0 Å². The van der Waals surface area contributed by atoms with Gasteiger partial charge in [-0.15, -0.1) is 0 Å². The van der Waals surface area contributed by atoms with Crippen LogP contribution in [0.25, 0.3) is 0 Å². The highest BCUT2D eigenvalue weighted by Gasteiger charge is 2.09. The molecule has 1 N–H and O–H groups in total. The molecule has 1 aromatic rings. The van der Waals surface area contributed by atoms with Gasteiger partial charge in [0.25, 0.3) is 0 Å². The third-order valence-electron chi connectivity index (χ3n) is 1.60. The maximum atomic E-state index is 5.19. The van der Waals surface area contributed by atoms with Crippen molar-refractivity contribution >= 4 is 17.3 Å². The van der Waals surface area contributed by atoms with Crippen LogP contribution in [0, 0.1) is 0 Å². The Kier molecular flexibility index (Phi) is 1.79. The van der Waals surface area contributed by atoms with Gasteiger partial charge in [-0.3, -0.25) is 4.57 Å². The second-order valence-electron chi connectivity index (χ2n) is 2.40. The molecular weight excluding hydrogens is 172 g/mol. The fraction of sp³-hybridized carbons (Fsp3) is 0.143. The van der Waals surface area contributed by atoms with E-state index in [2.05, 4.69) is 10.3 Å². The van der Waals surface area contributed by atoms with E-state index in [-0.39, 0.29) is 0 Å². The Morgan fingerprint density at radius 1 is 1.58 bits per heavy atom. The number of hydrogen-bond donors (Lipinski definition) is 1. The summed E-state index contributed by atoms with van der Waals surface area (Å²) in [7, 11) is 0. The molecule has 2 heterocycles. The highest BCUT2D eigenvalue weighted by molar-refractivity contribution is 7.80. The van der Waals surface area contributed by atoms with Crippen molar-refractivity contribution in [2.75, 3.05) is 6.67 Å². The zero-order valence-electron chi connectivity index (χ0n) is 6.34. The van der Waals surface area contributed by atoms with Crippen LogP contribution in [-0.4, -0.2) is 26.2 Å².